The average molecular weight is 146 g/mol. The Bertz CT molecular complexity index is 197. The maximum Gasteiger partial charge on any atom is 0.327 e. The van der Waals surface area contributed by atoms with Crippen molar-refractivity contribution < 1.29 is 19.7 Å². The molecule has 0 atom stereocenters. The van der Waals surface area contributed by atoms with Gasteiger partial charge in [-0.15, -0.1) is 5.10 Å². The highest BCUT2D eigenvalue weighted by atomic mass is 16.6. The lowest BCUT2D eigenvalue weighted by Gasteiger charge is -2.10. The van der Waals surface area contributed by atoms with E-state index in [2.05, 4.69) is 9.84 Å². The highest BCUT2D eigenvalue weighted by Gasteiger charge is 2.46. The van der Waals surface area contributed by atoms with Gasteiger partial charge in [0.2, 0.25) is 0 Å². The van der Waals surface area contributed by atoms with Crippen LogP contribution in [0.4, 0.5) is 0 Å². The standard InChI is InChI=1S/C4H6N2O4/c1-10-3-4(8,9)2(7)5-6-3/h8-9H,1H3,(H,5,7). The second-order valence-electron chi connectivity index (χ2n) is 1.73. The summed E-state index contributed by atoms with van der Waals surface area (Å²) < 4.78 is 4.36. The largest absolute Gasteiger partial charge is 0.479 e. The Kier molecular flexibility index (Phi) is 1.34. The van der Waals surface area contributed by atoms with Crippen molar-refractivity contribution in [2.45, 2.75) is 5.79 Å². The van der Waals surface area contributed by atoms with E-state index in [4.69, 9.17) is 10.2 Å². The van der Waals surface area contributed by atoms with Gasteiger partial charge in [0.15, 0.2) is 0 Å². The summed E-state index contributed by atoms with van der Waals surface area (Å²) in [6, 6.07) is 0. The molecule has 1 heterocycles. The van der Waals surface area contributed by atoms with Crippen molar-refractivity contribution >= 4 is 11.8 Å². The number of aliphatic hydroxyl groups is 2. The van der Waals surface area contributed by atoms with Crippen LogP contribution in [0.1, 0.15) is 0 Å². The van der Waals surface area contributed by atoms with Crippen molar-refractivity contribution in [2.24, 2.45) is 5.10 Å². The van der Waals surface area contributed by atoms with Gasteiger partial charge in [0.25, 0.3) is 5.90 Å². The summed E-state index contributed by atoms with van der Waals surface area (Å²) in [5.74, 6) is -4.06. The van der Waals surface area contributed by atoms with Gasteiger partial charge in [-0.3, -0.25) is 4.79 Å². The Balaban J connectivity index is 2.87. The number of rotatable bonds is 0. The smallest absolute Gasteiger partial charge is 0.327 e. The number of nitrogens with zero attached hydrogens (tertiary/aromatic N) is 1. The number of amides is 1. The summed E-state index contributed by atoms with van der Waals surface area (Å²) in [6.07, 6.45) is 0. The van der Waals surface area contributed by atoms with Crippen molar-refractivity contribution in [3.8, 4) is 0 Å². The van der Waals surface area contributed by atoms with Crippen LogP contribution in [0.25, 0.3) is 0 Å². The van der Waals surface area contributed by atoms with Gasteiger partial charge >= 0.3 is 11.7 Å². The van der Waals surface area contributed by atoms with Gasteiger partial charge in [-0.2, -0.15) is 0 Å². The first-order chi connectivity index (χ1) is 4.59. The molecule has 0 unspecified atom stereocenters. The zero-order valence-corrected chi connectivity index (χ0v) is 5.16. The van der Waals surface area contributed by atoms with E-state index in [1.165, 1.54) is 7.11 Å². The number of carbonyl (C=O) groups excluding carboxylic acids is 1. The van der Waals surface area contributed by atoms with Crippen LogP contribution in [0.5, 0.6) is 0 Å². The first kappa shape index (κ1) is 6.97. The van der Waals surface area contributed by atoms with E-state index < -0.39 is 17.6 Å². The summed E-state index contributed by atoms with van der Waals surface area (Å²) in [6.45, 7) is 0. The third kappa shape index (κ3) is 0.739. The van der Waals surface area contributed by atoms with Crippen molar-refractivity contribution in [1.29, 1.82) is 0 Å². The molecule has 0 aromatic rings. The van der Waals surface area contributed by atoms with Gasteiger partial charge < -0.3 is 14.9 Å². The zero-order valence-electron chi connectivity index (χ0n) is 5.16. The second-order valence-corrected chi connectivity index (χ2v) is 1.73. The maximum atomic E-state index is 10.5. The molecule has 1 aliphatic rings. The fourth-order valence-corrected chi connectivity index (χ4v) is 0.543. The summed E-state index contributed by atoms with van der Waals surface area (Å²) >= 11 is 0. The topological polar surface area (TPSA) is 91.2 Å². The van der Waals surface area contributed by atoms with Gasteiger partial charge in [0.05, 0.1) is 7.11 Å². The highest BCUT2D eigenvalue weighted by Crippen LogP contribution is 2.08. The molecule has 0 saturated heterocycles. The van der Waals surface area contributed by atoms with Crippen molar-refractivity contribution in [3.05, 3.63) is 0 Å². The molecule has 56 valence electrons. The van der Waals surface area contributed by atoms with Crippen LogP contribution in [0.15, 0.2) is 5.10 Å². The van der Waals surface area contributed by atoms with Crippen molar-refractivity contribution in [1.82, 2.24) is 5.43 Å². The predicted octanol–water partition coefficient (Wildman–Crippen LogP) is -2.24. The molecule has 0 bridgehead atoms. The molecule has 0 spiro atoms. The quantitative estimate of drug-likeness (QED) is 0.337. The van der Waals surface area contributed by atoms with Crippen molar-refractivity contribution in [2.75, 3.05) is 7.11 Å². The summed E-state index contributed by atoms with van der Waals surface area (Å²) in [5, 5.41) is 20.8. The number of hydrogen-bond acceptors (Lipinski definition) is 5. The Morgan fingerprint density at radius 1 is 1.70 bits per heavy atom. The number of nitrogens with one attached hydrogen (secondary N) is 1. The maximum absolute atomic E-state index is 10.5. The molecule has 6 heteroatoms. The van der Waals surface area contributed by atoms with Crippen LogP contribution >= 0.6 is 0 Å². The SMILES string of the molecule is COC1=NNC(=O)C1(O)O. The monoisotopic (exact) mass is 146 g/mol. The minimum atomic E-state index is -2.60. The molecule has 0 radical (unpaired) electrons. The van der Waals surface area contributed by atoms with Gasteiger partial charge in [0, 0.05) is 0 Å². The van der Waals surface area contributed by atoms with E-state index in [0.717, 1.165) is 0 Å². The first-order valence-corrected chi connectivity index (χ1v) is 2.46. The van der Waals surface area contributed by atoms with E-state index in [-0.39, 0.29) is 0 Å². The molecular weight excluding hydrogens is 140 g/mol. The van der Waals surface area contributed by atoms with E-state index in [1.807, 2.05) is 5.43 Å². The Hall–Kier alpha value is -1.14. The van der Waals surface area contributed by atoms with Crippen LogP contribution in [-0.4, -0.2) is 34.9 Å². The molecule has 0 aliphatic carbocycles. The van der Waals surface area contributed by atoms with Gasteiger partial charge in [-0.25, -0.2) is 5.43 Å². The van der Waals surface area contributed by atoms with E-state index >= 15 is 0 Å². The fourth-order valence-electron chi connectivity index (χ4n) is 0.543. The molecular formula is C4H6N2O4. The Morgan fingerprint density at radius 2 is 2.30 bits per heavy atom. The molecule has 1 amide bonds. The number of carbonyl (C=O) groups is 1. The summed E-state index contributed by atoms with van der Waals surface area (Å²) in [4.78, 5) is 10.5. The van der Waals surface area contributed by atoms with E-state index in [9.17, 15) is 4.79 Å². The molecule has 3 N–H and O–H groups in total. The number of hydrogen-bond donors (Lipinski definition) is 3. The van der Waals surface area contributed by atoms with Crippen LogP contribution in [0, 0.1) is 0 Å². The Morgan fingerprint density at radius 3 is 2.50 bits per heavy atom. The molecule has 0 aromatic carbocycles. The Labute approximate surface area is 56.1 Å². The third-order valence-corrected chi connectivity index (χ3v) is 1.07. The average Bonchev–Trinajstić information content (AvgIpc) is 2.10. The highest BCUT2D eigenvalue weighted by molar-refractivity contribution is 6.09. The molecule has 6 nitrogen and oxygen atoms in total. The molecule has 10 heavy (non-hydrogen) atoms. The lowest BCUT2D eigenvalue weighted by Crippen LogP contribution is -2.45. The number of hydrazone groups is 1. The molecule has 0 saturated carbocycles. The summed E-state index contributed by atoms with van der Waals surface area (Å²) in [5.41, 5.74) is 1.83. The van der Waals surface area contributed by atoms with Crippen molar-refractivity contribution in [3.63, 3.8) is 0 Å². The molecule has 1 rings (SSSR count). The normalized spacial score (nSPS) is 21.9. The lowest BCUT2D eigenvalue weighted by molar-refractivity contribution is -0.161. The summed E-state index contributed by atoms with van der Waals surface area (Å²) in [7, 11) is 1.18. The zero-order chi connectivity index (χ0) is 7.78. The lowest BCUT2D eigenvalue weighted by atomic mass is 10.3. The van der Waals surface area contributed by atoms with Crippen LogP contribution in [0.3, 0.4) is 0 Å². The van der Waals surface area contributed by atoms with Gasteiger partial charge in [-0.1, -0.05) is 0 Å². The van der Waals surface area contributed by atoms with Crippen LogP contribution < -0.4 is 5.43 Å². The predicted molar refractivity (Wildman–Crippen MR) is 29.8 cm³/mol. The minimum absolute atomic E-state index is 0.447. The molecule has 0 aromatic heterocycles. The van der Waals surface area contributed by atoms with E-state index in [1.54, 1.807) is 0 Å². The molecule has 1 aliphatic heterocycles. The fraction of sp³-hybridized carbons (Fsp3) is 0.500. The van der Waals surface area contributed by atoms with Gasteiger partial charge in [-0.05, 0) is 0 Å². The van der Waals surface area contributed by atoms with Gasteiger partial charge in [0.1, 0.15) is 0 Å². The number of methoxy groups -OCH3 is 1. The van der Waals surface area contributed by atoms with Crippen LogP contribution in [-0.2, 0) is 9.53 Å². The second kappa shape index (κ2) is 1.93. The third-order valence-electron chi connectivity index (χ3n) is 1.07. The minimum Gasteiger partial charge on any atom is -0.479 e. The van der Waals surface area contributed by atoms with E-state index in [0.29, 0.717) is 0 Å². The molecule has 0 fully saturated rings. The first-order valence-electron chi connectivity index (χ1n) is 2.46. The van der Waals surface area contributed by atoms with Crippen LogP contribution in [0.2, 0.25) is 0 Å². The number of ether oxygens (including phenoxy) is 1.